The zero-order valence-corrected chi connectivity index (χ0v) is 22.1. The van der Waals surface area contributed by atoms with Crippen molar-refractivity contribution in [2.24, 2.45) is 5.73 Å². The Kier molecular flexibility index (Phi) is 8.55. The average Bonchev–Trinajstić information content (AvgIpc) is 2.86. The zero-order chi connectivity index (χ0) is 25.8. The lowest BCUT2D eigenvalue weighted by atomic mass is 9.93. The number of amides is 1. The summed E-state index contributed by atoms with van der Waals surface area (Å²) in [6.45, 7) is 0.248. The third-order valence-corrected chi connectivity index (χ3v) is 7.28. The molecule has 1 amide bonds. The maximum Gasteiger partial charge on any atom is 0.240 e. The van der Waals surface area contributed by atoms with Crippen LogP contribution in [0.2, 0.25) is 20.1 Å². The van der Waals surface area contributed by atoms with Gasteiger partial charge < -0.3 is 10.6 Å². The Bertz CT molecular complexity index is 1300. The fourth-order valence-corrected chi connectivity index (χ4v) is 4.60. The topological polar surface area (TPSA) is 63.4 Å². The van der Waals surface area contributed by atoms with Gasteiger partial charge in [-0.25, -0.2) is 0 Å². The molecule has 0 unspecified atom stereocenters. The normalized spacial score (nSPS) is 17.0. The summed E-state index contributed by atoms with van der Waals surface area (Å²) >= 11 is 24.4. The lowest BCUT2D eigenvalue weighted by Gasteiger charge is -2.32. The van der Waals surface area contributed by atoms with Gasteiger partial charge in [-0.3, -0.25) is 9.59 Å². The van der Waals surface area contributed by atoms with Crippen LogP contribution in [0.25, 0.3) is 12.2 Å². The van der Waals surface area contributed by atoms with Crippen LogP contribution in [0.15, 0.2) is 77.9 Å². The quantitative estimate of drug-likeness (QED) is 0.352. The number of hydrogen-bond donors (Lipinski definition) is 1. The van der Waals surface area contributed by atoms with E-state index in [4.69, 9.17) is 52.1 Å². The van der Waals surface area contributed by atoms with E-state index < -0.39 is 6.04 Å². The maximum atomic E-state index is 13.4. The smallest absolute Gasteiger partial charge is 0.240 e. The maximum absolute atomic E-state index is 13.4. The molecule has 1 aliphatic heterocycles. The standard InChI is InChI=1S/C28H22Cl4N2O2/c29-22-8-6-18(12-24(22)31)10-20-15-34(28(36)26(33)14-17-4-2-1-3-5-17)16-21(27(20)35)11-19-7-9-23(30)25(32)13-19/h1-13,26H,14-16,33H2/b20-10-,21-11+/t26-/m0/s1. The Labute approximate surface area is 229 Å². The predicted octanol–water partition coefficient (Wildman–Crippen LogP) is 6.75. The molecule has 1 aliphatic rings. The second kappa shape index (κ2) is 11.6. The van der Waals surface area contributed by atoms with Crippen LogP contribution in [-0.2, 0) is 16.0 Å². The van der Waals surface area contributed by atoms with Gasteiger partial charge in [0, 0.05) is 24.2 Å². The van der Waals surface area contributed by atoms with Crippen LogP contribution < -0.4 is 5.73 Å². The van der Waals surface area contributed by atoms with Crippen LogP contribution >= 0.6 is 46.4 Å². The minimum atomic E-state index is -0.752. The van der Waals surface area contributed by atoms with Crippen molar-refractivity contribution in [2.75, 3.05) is 13.1 Å². The molecule has 0 spiro atoms. The number of nitrogens with zero attached hydrogens (tertiary/aromatic N) is 1. The van der Waals surface area contributed by atoms with E-state index in [1.165, 1.54) is 0 Å². The SMILES string of the molecule is N[C@@H](Cc1ccccc1)C(=O)N1C/C(=C/c2ccc(Cl)c(Cl)c2)C(=O)/C(=C/c2ccc(Cl)c(Cl)c2)C1. The summed E-state index contributed by atoms with van der Waals surface area (Å²) in [4.78, 5) is 28.4. The van der Waals surface area contributed by atoms with Crippen molar-refractivity contribution in [1.82, 2.24) is 4.90 Å². The van der Waals surface area contributed by atoms with Gasteiger partial charge in [-0.1, -0.05) is 88.9 Å². The lowest BCUT2D eigenvalue weighted by Crippen LogP contribution is -2.49. The minimum Gasteiger partial charge on any atom is -0.332 e. The molecule has 184 valence electrons. The van der Waals surface area contributed by atoms with Gasteiger partial charge in [0.25, 0.3) is 0 Å². The number of nitrogens with two attached hydrogens (primary N) is 1. The second-order valence-electron chi connectivity index (χ2n) is 8.51. The minimum absolute atomic E-state index is 0.124. The highest BCUT2D eigenvalue weighted by Crippen LogP contribution is 2.28. The van der Waals surface area contributed by atoms with Crippen LogP contribution in [0.5, 0.6) is 0 Å². The number of likely N-dealkylation sites (tertiary alicyclic amines) is 1. The third-order valence-electron chi connectivity index (χ3n) is 5.80. The van der Waals surface area contributed by atoms with Crippen molar-refractivity contribution in [3.05, 3.63) is 115 Å². The number of piperidine rings is 1. The first-order chi connectivity index (χ1) is 17.2. The Morgan fingerprint density at radius 2 is 1.31 bits per heavy atom. The molecule has 36 heavy (non-hydrogen) atoms. The molecular weight excluding hydrogens is 538 g/mol. The highest BCUT2D eigenvalue weighted by atomic mass is 35.5. The Hall–Kier alpha value is -2.60. The van der Waals surface area contributed by atoms with E-state index in [2.05, 4.69) is 0 Å². The molecule has 4 rings (SSSR count). The van der Waals surface area contributed by atoms with Gasteiger partial charge in [0.1, 0.15) is 0 Å². The van der Waals surface area contributed by atoms with Crippen LogP contribution in [0.3, 0.4) is 0 Å². The number of rotatable bonds is 5. The largest absolute Gasteiger partial charge is 0.332 e. The summed E-state index contributed by atoms with van der Waals surface area (Å²) in [7, 11) is 0. The summed E-state index contributed by atoms with van der Waals surface area (Å²) < 4.78 is 0. The summed E-state index contributed by atoms with van der Waals surface area (Å²) in [5, 5.41) is 1.58. The van der Waals surface area contributed by atoms with E-state index in [0.717, 1.165) is 5.56 Å². The van der Waals surface area contributed by atoms with Gasteiger partial charge in [-0.2, -0.15) is 0 Å². The molecule has 1 atom stereocenters. The third kappa shape index (κ3) is 6.39. The molecule has 8 heteroatoms. The van der Waals surface area contributed by atoms with Crippen LogP contribution in [0.4, 0.5) is 0 Å². The summed E-state index contributed by atoms with van der Waals surface area (Å²) in [6, 6.07) is 19.0. The molecule has 4 nitrogen and oxygen atoms in total. The molecule has 0 saturated carbocycles. The molecule has 0 radical (unpaired) electrons. The highest BCUT2D eigenvalue weighted by molar-refractivity contribution is 6.42. The van der Waals surface area contributed by atoms with Crippen LogP contribution in [0, 0.1) is 0 Å². The molecule has 0 aliphatic carbocycles. The van der Waals surface area contributed by atoms with Gasteiger partial charge in [-0.15, -0.1) is 0 Å². The van der Waals surface area contributed by atoms with Crippen molar-refractivity contribution in [3.63, 3.8) is 0 Å². The van der Waals surface area contributed by atoms with Gasteiger partial charge >= 0.3 is 0 Å². The first-order valence-corrected chi connectivity index (χ1v) is 12.7. The van der Waals surface area contributed by atoms with Crippen molar-refractivity contribution in [1.29, 1.82) is 0 Å². The van der Waals surface area contributed by atoms with Gasteiger partial charge in [0.05, 0.1) is 26.1 Å². The monoisotopic (exact) mass is 558 g/mol. The number of hydrogen-bond acceptors (Lipinski definition) is 3. The Balaban J connectivity index is 1.68. The van der Waals surface area contributed by atoms with Crippen molar-refractivity contribution in [3.8, 4) is 0 Å². The molecule has 0 aromatic heterocycles. The number of benzene rings is 3. The number of halogens is 4. The average molecular weight is 560 g/mol. The van der Waals surface area contributed by atoms with Crippen molar-refractivity contribution >= 4 is 70.2 Å². The number of carbonyl (C=O) groups excluding carboxylic acids is 2. The molecule has 1 saturated heterocycles. The fraction of sp³-hybridized carbons (Fsp3) is 0.143. The Morgan fingerprint density at radius 3 is 1.78 bits per heavy atom. The summed E-state index contributed by atoms with van der Waals surface area (Å²) in [6.07, 6.45) is 3.83. The lowest BCUT2D eigenvalue weighted by molar-refractivity contribution is -0.132. The number of ketones is 1. The number of carbonyl (C=O) groups is 2. The van der Waals surface area contributed by atoms with Crippen LogP contribution in [-0.4, -0.2) is 35.7 Å². The predicted molar refractivity (Wildman–Crippen MR) is 149 cm³/mol. The van der Waals surface area contributed by atoms with Gasteiger partial charge in [0.15, 0.2) is 5.78 Å². The van der Waals surface area contributed by atoms with E-state index in [0.29, 0.717) is 48.8 Å². The van der Waals surface area contributed by atoms with E-state index >= 15 is 0 Å². The fourth-order valence-electron chi connectivity index (χ4n) is 3.99. The van der Waals surface area contributed by atoms with Gasteiger partial charge in [0.2, 0.25) is 5.91 Å². The molecule has 2 N–H and O–H groups in total. The highest BCUT2D eigenvalue weighted by Gasteiger charge is 2.31. The number of Topliss-reactive ketones (excluding diaryl/α,β-unsaturated/α-hetero) is 1. The van der Waals surface area contributed by atoms with E-state index in [-0.39, 0.29) is 24.8 Å². The first kappa shape index (κ1) is 26.5. The van der Waals surface area contributed by atoms with Crippen molar-refractivity contribution < 1.29 is 9.59 Å². The van der Waals surface area contributed by atoms with E-state index in [9.17, 15) is 9.59 Å². The summed E-state index contributed by atoms with van der Waals surface area (Å²) in [5.74, 6) is -0.417. The second-order valence-corrected chi connectivity index (χ2v) is 10.1. The molecule has 0 bridgehead atoms. The molecule has 1 heterocycles. The van der Waals surface area contributed by atoms with Gasteiger partial charge in [-0.05, 0) is 59.5 Å². The molecule has 1 fully saturated rings. The van der Waals surface area contributed by atoms with Crippen molar-refractivity contribution in [2.45, 2.75) is 12.5 Å². The first-order valence-electron chi connectivity index (χ1n) is 11.2. The summed E-state index contributed by atoms with van der Waals surface area (Å²) in [5.41, 5.74) is 9.54. The van der Waals surface area contributed by atoms with Crippen LogP contribution in [0.1, 0.15) is 16.7 Å². The molecular formula is C28H22Cl4N2O2. The van der Waals surface area contributed by atoms with E-state index in [1.807, 2.05) is 30.3 Å². The Morgan fingerprint density at radius 1 is 0.806 bits per heavy atom. The van der Waals surface area contributed by atoms with E-state index in [1.54, 1.807) is 53.5 Å². The zero-order valence-electron chi connectivity index (χ0n) is 19.1. The molecule has 3 aromatic rings. The molecule has 3 aromatic carbocycles.